The molecule has 4 heteroatoms. The molecule has 0 spiro atoms. The maximum Gasteiger partial charge on any atom is 0.213 e. The highest BCUT2D eigenvalue weighted by molar-refractivity contribution is 5.10. The number of pyridine rings is 1. The molecular weight excluding hydrogens is 207 g/mol. The van der Waals surface area contributed by atoms with Crippen molar-refractivity contribution in [3.05, 3.63) is 29.8 Å². The van der Waals surface area contributed by atoms with E-state index in [4.69, 9.17) is 5.11 Å². The van der Waals surface area contributed by atoms with Crippen LogP contribution in [0.2, 0.25) is 0 Å². The molecule has 1 unspecified atom stereocenters. The van der Waals surface area contributed by atoms with Gasteiger partial charge in [0.25, 0.3) is 0 Å². The second-order valence-electron chi connectivity index (χ2n) is 4.41. The fourth-order valence-corrected chi connectivity index (χ4v) is 2.24. The number of aromatic nitrogens is 1. The van der Waals surface area contributed by atoms with Gasteiger partial charge in [0, 0.05) is 25.9 Å². The molecule has 0 radical (unpaired) electrons. The van der Waals surface area contributed by atoms with Crippen molar-refractivity contribution in [2.75, 3.05) is 19.7 Å². The zero-order valence-electron chi connectivity index (χ0n) is 9.27. The highest BCUT2D eigenvalue weighted by Crippen LogP contribution is 2.17. The Kier molecular flexibility index (Phi) is 3.85. The van der Waals surface area contributed by atoms with Gasteiger partial charge in [-0.3, -0.25) is 4.90 Å². The lowest BCUT2D eigenvalue weighted by molar-refractivity contribution is 0.116. The molecule has 3 nitrogen and oxygen atoms in total. The van der Waals surface area contributed by atoms with Crippen LogP contribution < -0.4 is 0 Å². The highest BCUT2D eigenvalue weighted by atomic mass is 19.1. The number of aliphatic hydroxyl groups is 1. The van der Waals surface area contributed by atoms with Gasteiger partial charge in [0.15, 0.2) is 0 Å². The third-order valence-electron chi connectivity index (χ3n) is 3.06. The summed E-state index contributed by atoms with van der Waals surface area (Å²) in [5.41, 5.74) is 0.950. The van der Waals surface area contributed by atoms with Crippen molar-refractivity contribution in [2.24, 2.45) is 5.92 Å². The van der Waals surface area contributed by atoms with E-state index in [-0.39, 0.29) is 6.61 Å². The Morgan fingerprint density at radius 3 is 3.19 bits per heavy atom. The summed E-state index contributed by atoms with van der Waals surface area (Å²) in [6.45, 7) is 2.93. The minimum atomic E-state index is -0.423. The number of piperidine rings is 1. The Labute approximate surface area is 94.9 Å². The van der Waals surface area contributed by atoms with E-state index in [1.165, 1.54) is 12.3 Å². The number of likely N-dealkylation sites (tertiary alicyclic amines) is 1. The van der Waals surface area contributed by atoms with Gasteiger partial charge in [-0.1, -0.05) is 0 Å². The molecular formula is C12H17FN2O. The van der Waals surface area contributed by atoms with E-state index in [0.717, 1.165) is 38.0 Å². The minimum absolute atomic E-state index is 0.251. The highest BCUT2D eigenvalue weighted by Gasteiger charge is 2.19. The lowest BCUT2D eigenvalue weighted by atomic mass is 9.99. The fraction of sp³-hybridized carbons (Fsp3) is 0.583. The summed E-state index contributed by atoms with van der Waals surface area (Å²) in [5, 5.41) is 9.12. The number of rotatable bonds is 3. The van der Waals surface area contributed by atoms with Gasteiger partial charge in [0.1, 0.15) is 0 Å². The Bertz CT molecular complexity index is 346. The third kappa shape index (κ3) is 3.00. The molecule has 1 saturated heterocycles. The molecule has 2 heterocycles. The molecule has 0 aromatic carbocycles. The van der Waals surface area contributed by atoms with Crippen molar-refractivity contribution < 1.29 is 9.50 Å². The van der Waals surface area contributed by atoms with Crippen molar-refractivity contribution >= 4 is 0 Å². The summed E-state index contributed by atoms with van der Waals surface area (Å²) < 4.78 is 12.9. The molecule has 2 rings (SSSR count). The van der Waals surface area contributed by atoms with Crippen molar-refractivity contribution in [1.29, 1.82) is 0 Å². The van der Waals surface area contributed by atoms with Gasteiger partial charge in [-0.05, 0) is 43.0 Å². The quantitative estimate of drug-likeness (QED) is 0.789. The lowest BCUT2D eigenvalue weighted by Gasteiger charge is -2.31. The van der Waals surface area contributed by atoms with E-state index in [2.05, 4.69) is 9.88 Å². The lowest BCUT2D eigenvalue weighted by Crippen LogP contribution is -2.36. The number of hydrogen-bond donors (Lipinski definition) is 1. The number of halogens is 1. The molecule has 1 fully saturated rings. The first kappa shape index (κ1) is 11.5. The van der Waals surface area contributed by atoms with Crippen LogP contribution in [0.5, 0.6) is 0 Å². The Morgan fingerprint density at radius 1 is 1.56 bits per heavy atom. The van der Waals surface area contributed by atoms with Crippen LogP contribution in [0.1, 0.15) is 18.4 Å². The van der Waals surface area contributed by atoms with Gasteiger partial charge in [0.2, 0.25) is 5.95 Å². The van der Waals surface area contributed by atoms with Crippen LogP contribution in [-0.2, 0) is 6.54 Å². The molecule has 1 N–H and O–H groups in total. The minimum Gasteiger partial charge on any atom is -0.396 e. The van der Waals surface area contributed by atoms with E-state index in [1.807, 2.05) is 6.07 Å². The summed E-state index contributed by atoms with van der Waals surface area (Å²) in [5.74, 6) is -0.0475. The summed E-state index contributed by atoms with van der Waals surface area (Å²) in [7, 11) is 0. The zero-order chi connectivity index (χ0) is 11.4. The predicted molar refractivity (Wildman–Crippen MR) is 59.3 cm³/mol. The maximum absolute atomic E-state index is 12.9. The number of hydrogen-bond acceptors (Lipinski definition) is 3. The standard InChI is InChI=1S/C12H17FN2O/c13-12-6-10(3-4-14-12)7-15-5-1-2-11(8-15)9-16/h3-4,6,11,16H,1-2,5,7-9H2. The van der Waals surface area contributed by atoms with Crippen LogP contribution >= 0.6 is 0 Å². The van der Waals surface area contributed by atoms with E-state index in [0.29, 0.717) is 5.92 Å². The average Bonchev–Trinajstić information content (AvgIpc) is 2.29. The van der Waals surface area contributed by atoms with Crippen LogP contribution in [0, 0.1) is 11.9 Å². The van der Waals surface area contributed by atoms with Crippen molar-refractivity contribution in [2.45, 2.75) is 19.4 Å². The largest absolute Gasteiger partial charge is 0.396 e. The fourth-order valence-electron chi connectivity index (χ4n) is 2.24. The molecule has 16 heavy (non-hydrogen) atoms. The first-order valence-corrected chi connectivity index (χ1v) is 5.71. The molecule has 0 amide bonds. The monoisotopic (exact) mass is 224 g/mol. The zero-order valence-corrected chi connectivity index (χ0v) is 9.27. The van der Waals surface area contributed by atoms with Gasteiger partial charge >= 0.3 is 0 Å². The molecule has 1 aromatic heterocycles. The smallest absolute Gasteiger partial charge is 0.213 e. The summed E-state index contributed by atoms with van der Waals surface area (Å²) >= 11 is 0. The molecule has 88 valence electrons. The van der Waals surface area contributed by atoms with Gasteiger partial charge in [0.05, 0.1) is 0 Å². The van der Waals surface area contributed by atoms with E-state index < -0.39 is 5.95 Å². The summed E-state index contributed by atoms with van der Waals surface area (Å²) in [6.07, 6.45) is 3.70. The molecule has 1 aliphatic rings. The molecule has 1 aromatic rings. The van der Waals surface area contributed by atoms with Crippen LogP contribution in [-0.4, -0.2) is 34.7 Å². The number of aliphatic hydroxyl groups excluding tert-OH is 1. The van der Waals surface area contributed by atoms with Crippen molar-refractivity contribution in [3.63, 3.8) is 0 Å². The summed E-state index contributed by atoms with van der Waals surface area (Å²) in [4.78, 5) is 5.80. The Hall–Kier alpha value is -1.00. The van der Waals surface area contributed by atoms with Crippen LogP contribution in [0.4, 0.5) is 4.39 Å². The first-order valence-electron chi connectivity index (χ1n) is 5.71. The average molecular weight is 224 g/mol. The van der Waals surface area contributed by atoms with Gasteiger partial charge in [-0.2, -0.15) is 4.39 Å². The molecule has 0 saturated carbocycles. The Balaban J connectivity index is 1.94. The van der Waals surface area contributed by atoms with Crippen LogP contribution in [0.3, 0.4) is 0 Å². The predicted octanol–water partition coefficient (Wildman–Crippen LogP) is 1.43. The van der Waals surface area contributed by atoms with Gasteiger partial charge in [-0.15, -0.1) is 0 Å². The van der Waals surface area contributed by atoms with Gasteiger partial charge < -0.3 is 5.11 Å². The second kappa shape index (κ2) is 5.37. The van der Waals surface area contributed by atoms with Crippen molar-refractivity contribution in [3.8, 4) is 0 Å². The second-order valence-corrected chi connectivity index (χ2v) is 4.41. The Morgan fingerprint density at radius 2 is 2.44 bits per heavy atom. The van der Waals surface area contributed by atoms with E-state index >= 15 is 0 Å². The normalized spacial score (nSPS) is 22.2. The molecule has 1 atom stereocenters. The molecule has 0 aliphatic carbocycles. The van der Waals surface area contributed by atoms with Gasteiger partial charge in [-0.25, -0.2) is 4.98 Å². The molecule has 0 bridgehead atoms. The van der Waals surface area contributed by atoms with Crippen LogP contribution in [0.15, 0.2) is 18.3 Å². The summed E-state index contributed by atoms with van der Waals surface area (Å²) in [6, 6.07) is 3.31. The molecule has 1 aliphatic heterocycles. The van der Waals surface area contributed by atoms with E-state index in [1.54, 1.807) is 0 Å². The first-order chi connectivity index (χ1) is 7.78. The van der Waals surface area contributed by atoms with Crippen molar-refractivity contribution in [1.82, 2.24) is 9.88 Å². The topological polar surface area (TPSA) is 36.4 Å². The van der Waals surface area contributed by atoms with E-state index in [9.17, 15) is 4.39 Å². The SMILES string of the molecule is OCC1CCCN(Cc2ccnc(F)c2)C1. The van der Waals surface area contributed by atoms with Crippen LogP contribution in [0.25, 0.3) is 0 Å². The third-order valence-corrected chi connectivity index (χ3v) is 3.06. The maximum atomic E-state index is 12.9. The number of nitrogens with zero attached hydrogens (tertiary/aromatic N) is 2.